The minimum absolute atomic E-state index is 0.0736. The Labute approximate surface area is 192 Å². The molecule has 0 radical (unpaired) electrons. The van der Waals surface area contributed by atoms with Gasteiger partial charge < -0.3 is 0 Å². The van der Waals surface area contributed by atoms with Crippen LogP contribution in [-0.4, -0.2) is 27.9 Å². The van der Waals surface area contributed by atoms with Crippen LogP contribution >= 0.6 is 0 Å². The summed E-state index contributed by atoms with van der Waals surface area (Å²) in [5.74, 6) is -11.4. The Morgan fingerprint density at radius 1 is 0.714 bits per heavy atom. The molecule has 0 aromatic heterocycles. The van der Waals surface area contributed by atoms with E-state index in [1.807, 2.05) is 0 Å². The predicted molar refractivity (Wildman–Crippen MR) is 103 cm³/mol. The van der Waals surface area contributed by atoms with Crippen molar-refractivity contribution >= 4 is 19.7 Å². The zero-order valence-electron chi connectivity index (χ0n) is 17.4. The van der Waals surface area contributed by atoms with Gasteiger partial charge in [0.2, 0.25) is 4.58 Å². The number of hydrogen-bond acceptors (Lipinski definition) is 4. The van der Waals surface area contributed by atoms with E-state index in [0.717, 1.165) is 12.1 Å². The van der Waals surface area contributed by atoms with Crippen LogP contribution in [-0.2, 0) is 19.7 Å². The number of sulfone groups is 2. The summed E-state index contributed by atoms with van der Waals surface area (Å²) in [6.45, 7) is 3.55. The second-order valence-electron chi connectivity index (χ2n) is 7.29. The summed E-state index contributed by atoms with van der Waals surface area (Å²) in [5.41, 5.74) is -18.4. The van der Waals surface area contributed by atoms with Gasteiger partial charge in [-0.1, -0.05) is 38.1 Å². The van der Waals surface area contributed by atoms with Crippen molar-refractivity contribution in [1.82, 2.24) is 0 Å². The fraction of sp³-hybridized carbons (Fsp3) is 0.368. The van der Waals surface area contributed by atoms with Gasteiger partial charge in [-0.25, -0.2) is 34.4 Å². The van der Waals surface area contributed by atoms with Gasteiger partial charge in [-0.2, -0.15) is 26.3 Å². The third-order valence-electron chi connectivity index (χ3n) is 5.12. The maximum Gasteiger partial charge on any atom is 0.499 e. The van der Waals surface area contributed by atoms with Gasteiger partial charge in [0.1, 0.15) is 0 Å². The molecule has 0 saturated heterocycles. The maximum atomic E-state index is 14.7. The fourth-order valence-electron chi connectivity index (χ4n) is 3.04. The average Bonchev–Trinajstić information content (AvgIpc) is 2.73. The molecule has 196 valence electrons. The van der Waals surface area contributed by atoms with Gasteiger partial charge in [0.15, 0.2) is 23.3 Å². The summed E-state index contributed by atoms with van der Waals surface area (Å²) in [7, 11) is -15.3. The molecule has 2 aromatic rings. The minimum atomic E-state index is -7.63. The first kappa shape index (κ1) is 28.9. The highest BCUT2D eigenvalue weighted by molar-refractivity contribution is 8.09. The molecule has 0 fully saturated rings. The van der Waals surface area contributed by atoms with Crippen LogP contribution in [0.2, 0.25) is 0 Å². The lowest BCUT2D eigenvalue weighted by Gasteiger charge is -2.23. The number of rotatable bonds is 6. The molecule has 2 rings (SSSR count). The zero-order valence-corrected chi connectivity index (χ0v) is 19.0. The van der Waals surface area contributed by atoms with E-state index < -0.39 is 75.2 Å². The highest BCUT2D eigenvalue weighted by Crippen LogP contribution is 2.48. The van der Waals surface area contributed by atoms with Crippen molar-refractivity contribution in [3.05, 3.63) is 58.7 Å². The van der Waals surface area contributed by atoms with E-state index in [-0.39, 0.29) is 5.92 Å². The van der Waals surface area contributed by atoms with Crippen molar-refractivity contribution in [2.75, 3.05) is 0 Å². The number of alkyl halides is 6. The summed E-state index contributed by atoms with van der Waals surface area (Å²) in [6.07, 6.45) is 0.614. The monoisotopic (exact) mass is 560 g/mol. The average molecular weight is 560 g/mol. The summed E-state index contributed by atoms with van der Waals surface area (Å²) >= 11 is 0. The number of halogens is 10. The van der Waals surface area contributed by atoms with E-state index in [1.54, 1.807) is 13.8 Å². The van der Waals surface area contributed by atoms with Gasteiger partial charge in [-0.05, 0) is 23.5 Å². The van der Waals surface area contributed by atoms with Gasteiger partial charge in [-0.15, -0.1) is 0 Å². The summed E-state index contributed by atoms with van der Waals surface area (Å²) < 4.78 is 178. The molecule has 0 saturated carbocycles. The van der Waals surface area contributed by atoms with Crippen LogP contribution in [0.5, 0.6) is 0 Å². The SMILES string of the molecule is CCC(C)c1ccc(-c2c(F)c(F)c(C(S(=O)(=O)C(F)(F)F)S(=O)(=O)C(F)(F)F)c(F)c2F)cc1. The maximum absolute atomic E-state index is 14.7. The van der Waals surface area contributed by atoms with Crippen molar-refractivity contribution < 1.29 is 60.7 Å². The van der Waals surface area contributed by atoms with Crippen molar-refractivity contribution in [3.63, 3.8) is 0 Å². The summed E-state index contributed by atoms with van der Waals surface area (Å²) in [6, 6.07) is 4.43. The molecule has 0 aliphatic carbocycles. The van der Waals surface area contributed by atoms with Crippen molar-refractivity contribution in [1.29, 1.82) is 0 Å². The quantitative estimate of drug-likeness (QED) is 0.308. The van der Waals surface area contributed by atoms with E-state index in [9.17, 15) is 60.7 Å². The van der Waals surface area contributed by atoms with Crippen molar-refractivity contribution in [2.24, 2.45) is 0 Å². The van der Waals surface area contributed by atoms with E-state index in [2.05, 4.69) is 0 Å². The van der Waals surface area contributed by atoms with E-state index in [4.69, 9.17) is 0 Å². The fourth-order valence-corrected chi connectivity index (χ4v) is 6.55. The van der Waals surface area contributed by atoms with E-state index in [0.29, 0.717) is 12.0 Å². The second-order valence-corrected chi connectivity index (χ2v) is 11.6. The molecule has 0 aliphatic heterocycles. The van der Waals surface area contributed by atoms with Gasteiger partial charge in [0.25, 0.3) is 19.7 Å². The Kier molecular flexibility index (Phi) is 7.64. The molecular weight excluding hydrogens is 546 g/mol. The predicted octanol–water partition coefficient (Wildman–Crippen LogP) is 6.29. The molecule has 1 unspecified atom stereocenters. The molecule has 16 heteroatoms. The van der Waals surface area contributed by atoms with Crippen LogP contribution in [0.15, 0.2) is 24.3 Å². The standard InChI is InChI=1S/C19H14F10O4S2/c1-3-8(2)9-4-6-10(7-5-9)11-13(20)15(22)12(16(23)14(11)21)17(34(30,31)18(24,25)26)35(32,33)19(27,28)29/h4-8,17H,3H2,1-2H3. The van der Waals surface area contributed by atoms with Gasteiger partial charge in [-0.3, -0.25) is 0 Å². The third kappa shape index (κ3) is 4.86. The topological polar surface area (TPSA) is 68.3 Å². The molecule has 0 N–H and O–H groups in total. The van der Waals surface area contributed by atoms with E-state index >= 15 is 0 Å². The Hall–Kier alpha value is -2.36. The lowest BCUT2D eigenvalue weighted by molar-refractivity contribution is -0.0473. The van der Waals surface area contributed by atoms with Gasteiger partial charge >= 0.3 is 11.0 Å². The molecule has 0 amide bonds. The van der Waals surface area contributed by atoms with Gasteiger partial charge in [0, 0.05) is 0 Å². The van der Waals surface area contributed by atoms with Crippen molar-refractivity contribution in [3.8, 4) is 11.1 Å². The lowest BCUT2D eigenvalue weighted by atomic mass is 9.95. The molecule has 4 nitrogen and oxygen atoms in total. The van der Waals surface area contributed by atoms with Crippen LogP contribution in [0.3, 0.4) is 0 Å². The highest BCUT2D eigenvalue weighted by Gasteiger charge is 2.65. The number of hydrogen-bond donors (Lipinski definition) is 0. The normalized spacial score (nSPS) is 14.4. The summed E-state index contributed by atoms with van der Waals surface area (Å²) in [5, 5.41) is 0. The Balaban J connectivity index is 2.95. The highest BCUT2D eigenvalue weighted by atomic mass is 32.3. The molecule has 0 aliphatic rings. The first-order valence-corrected chi connectivity index (χ1v) is 12.4. The molecular formula is C19H14F10O4S2. The second kappa shape index (κ2) is 9.26. The molecule has 1 atom stereocenters. The third-order valence-corrected chi connectivity index (χ3v) is 9.53. The lowest BCUT2D eigenvalue weighted by Crippen LogP contribution is -2.40. The minimum Gasteiger partial charge on any atom is -0.218 e. The zero-order chi connectivity index (χ0) is 27.3. The largest absolute Gasteiger partial charge is 0.499 e. The Morgan fingerprint density at radius 2 is 1.09 bits per heavy atom. The van der Waals surface area contributed by atoms with Crippen LogP contribution in [0, 0.1) is 23.3 Å². The smallest absolute Gasteiger partial charge is 0.218 e. The van der Waals surface area contributed by atoms with Crippen LogP contribution in [0.4, 0.5) is 43.9 Å². The molecule has 2 aromatic carbocycles. The van der Waals surface area contributed by atoms with Crippen LogP contribution in [0.1, 0.15) is 41.9 Å². The van der Waals surface area contributed by atoms with Gasteiger partial charge in [0.05, 0.1) is 11.1 Å². The number of benzene rings is 2. The molecule has 0 spiro atoms. The Bertz CT molecular complexity index is 1260. The molecule has 0 bridgehead atoms. The molecule has 35 heavy (non-hydrogen) atoms. The Morgan fingerprint density at radius 3 is 1.40 bits per heavy atom. The van der Waals surface area contributed by atoms with Crippen LogP contribution in [0.25, 0.3) is 11.1 Å². The van der Waals surface area contributed by atoms with E-state index in [1.165, 1.54) is 12.1 Å². The van der Waals surface area contributed by atoms with Crippen molar-refractivity contribution in [2.45, 2.75) is 41.8 Å². The molecule has 0 heterocycles. The van der Waals surface area contributed by atoms with Crippen LogP contribution < -0.4 is 0 Å². The first-order valence-electron chi connectivity index (χ1n) is 9.28. The summed E-state index contributed by atoms with van der Waals surface area (Å²) in [4.78, 5) is 0. The first-order chi connectivity index (χ1) is 15.7.